The Labute approximate surface area is 158 Å². The van der Waals surface area contributed by atoms with E-state index in [0.29, 0.717) is 27.2 Å². The quantitative estimate of drug-likeness (QED) is 0.589. The zero-order valence-corrected chi connectivity index (χ0v) is 15.1. The maximum atomic E-state index is 13.0. The number of halogens is 1. The molecule has 1 fully saturated rings. The number of aliphatic carboxylic acids is 1. The number of carboxylic acid groups (broad SMARTS) is 1. The molecule has 1 saturated heterocycles. The van der Waals surface area contributed by atoms with Gasteiger partial charge in [0.2, 0.25) is 0 Å². The number of carboxylic acids is 1. The SMILES string of the molecule is O=C(O)CCCN1C(=O)/C(=C\c2ccc(-c3ccc(F)cc3)o2)SC1=S. The van der Waals surface area contributed by atoms with Crippen LogP contribution in [0.5, 0.6) is 0 Å². The van der Waals surface area contributed by atoms with E-state index in [2.05, 4.69) is 0 Å². The predicted molar refractivity (Wildman–Crippen MR) is 101 cm³/mol. The first-order chi connectivity index (χ1) is 12.4. The molecule has 0 radical (unpaired) electrons. The van der Waals surface area contributed by atoms with E-state index in [-0.39, 0.29) is 24.7 Å². The average molecular weight is 391 g/mol. The Morgan fingerprint density at radius 3 is 2.69 bits per heavy atom. The summed E-state index contributed by atoms with van der Waals surface area (Å²) in [6, 6.07) is 9.38. The molecule has 2 heterocycles. The standard InChI is InChI=1S/C18H14FNO4S2/c19-12-5-3-11(4-6-12)14-8-7-13(24-14)10-15-17(23)20(18(25)26-15)9-1-2-16(21)22/h3-8,10H,1-2,9H2,(H,21,22)/b15-10+. The van der Waals surface area contributed by atoms with Crippen molar-refractivity contribution in [2.24, 2.45) is 0 Å². The normalized spacial score (nSPS) is 15.9. The maximum absolute atomic E-state index is 13.0. The maximum Gasteiger partial charge on any atom is 0.303 e. The number of nitrogens with zero attached hydrogens (tertiary/aromatic N) is 1. The van der Waals surface area contributed by atoms with Crippen molar-refractivity contribution in [2.45, 2.75) is 12.8 Å². The summed E-state index contributed by atoms with van der Waals surface area (Å²) in [6.45, 7) is 0.271. The highest BCUT2D eigenvalue weighted by Gasteiger charge is 2.31. The zero-order chi connectivity index (χ0) is 18.7. The highest BCUT2D eigenvalue weighted by molar-refractivity contribution is 8.26. The van der Waals surface area contributed by atoms with E-state index >= 15 is 0 Å². The molecule has 0 bridgehead atoms. The molecule has 2 aromatic rings. The van der Waals surface area contributed by atoms with Gasteiger partial charge in [-0.2, -0.15) is 0 Å². The van der Waals surface area contributed by atoms with Gasteiger partial charge in [-0.1, -0.05) is 24.0 Å². The number of amides is 1. The smallest absolute Gasteiger partial charge is 0.303 e. The number of hydrogen-bond acceptors (Lipinski definition) is 5. The summed E-state index contributed by atoms with van der Waals surface area (Å²) >= 11 is 6.35. The molecule has 1 aromatic carbocycles. The summed E-state index contributed by atoms with van der Waals surface area (Å²) < 4.78 is 19.1. The zero-order valence-electron chi connectivity index (χ0n) is 13.5. The molecule has 0 aliphatic carbocycles. The van der Waals surface area contributed by atoms with Crippen molar-refractivity contribution < 1.29 is 23.5 Å². The van der Waals surface area contributed by atoms with E-state index in [9.17, 15) is 14.0 Å². The molecule has 8 heteroatoms. The number of carbonyl (C=O) groups excluding carboxylic acids is 1. The summed E-state index contributed by atoms with van der Waals surface area (Å²) in [7, 11) is 0. The number of hydrogen-bond donors (Lipinski definition) is 1. The van der Waals surface area contributed by atoms with Gasteiger partial charge >= 0.3 is 5.97 Å². The van der Waals surface area contributed by atoms with Gasteiger partial charge in [0, 0.05) is 24.6 Å². The van der Waals surface area contributed by atoms with Crippen LogP contribution in [-0.4, -0.2) is 32.7 Å². The van der Waals surface area contributed by atoms with E-state index in [0.717, 1.165) is 17.3 Å². The molecule has 1 aliphatic rings. The molecule has 134 valence electrons. The molecule has 0 atom stereocenters. The Bertz CT molecular complexity index is 889. The third kappa shape index (κ3) is 4.20. The number of thiocarbonyl (C=S) groups is 1. The van der Waals surface area contributed by atoms with Gasteiger partial charge in [0.1, 0.15) is 21.7 Å². The van der Waals surface area contributed by atoms with Crippen LogP contribution in [0.3, 0.4) is 0 Å². The third-order valence-electron chi connectivity index (χ3n) is 3.67. The number of benzene rings is 1. The van der Waals surface area contributed by atoms with Crippen LogP contribution >= 0.6 is 24.0 Å². The number of carbonyl (C=O) groups is 2. The average Bonchev–Trinajstić information content (AvgIpc) is 3.15. The van der Waals surface area contributed by atoms with Gasteiger partial charge in [-0.15, -0.1) is 0 Å². The van der Waals surface area contributed by atoms with Crippen molar-refractivity contribution in [3.05, 3.63) is 52.9 Å². The monoisotopic (exact) mass is 391 g/mol. The lowest BCUT2D eigenvalue weighted by Gasteiger charge is -2.13. The third-order valence-corrected chi connectivity index (χ3v) is 5.05. The van der Waals surface area contributed by atoms with Gasteiger partial charge in [0.15, 0.2) is 0 Å². The summed E-state index contributed by atoms with van der Waals surface area (Å²) in [5.74, 6) is -0.448. The topological polar surface area (TPSA) is 70.8 Å². The summed E-state index contributed by atoms with van der Waals surface area (Å²) in [5.41, 5.74) is 0.729. The molecule has 1 aliphatic heterocycles. The summed E-state index contributed by atoms with van der Waals surface area (Å²) in [6.07, 6.45) is 1.92. The molecule has 1 amide bonds. The first-order valence-electron chi connectivity index (χ1n) is 7.77. The molecule has 26 heavy (non-hydrogen) atoms. The van der Waals surface area contributed by atoms with Crippen molar-refractivity contribution >= 4 is 46.3 Å². The van der Waals surface area contributed by atoms with Crippen molar-refractivity contribution in [3.8, 4) is 11.3 Å². The highest BCUT2D eigenvalue weighted by atomic mass is 32.2. The molecule has 0 saturated carbocycles. The van der Waals surface area contributed by atoms with Gasteiger partial charge < -0.3 is 9.52 Å². The van der Waals surface area contributed by atoms with E-state index in [1.807, 2.05) is 0 Å². The second kappa shape index (κ2) is 7.84. The van der Waals surface area contributed by atoms with Crippen LogP contribution in [0.1, 0.15) is 18.6 Å². The van der Waals surface area contributed by atoms with Crippen LogP contribution in [-0.2, 0) is 9.59 Å². The van der Waals surface area contributed by atoms with Crippen molar-refractivity contribution in [3.63, 3.8) is 0 Å². The Kier molecular flexibility index (Phi) is 5.53. The second-order valence-corrected chi connectivity index (χ2v) is 7.22. The van der Waals surface area contributed by atoms with E-state index < -0.39 is 5.97 Å². The predicted octanol–water partition coefficient (Wildman–Crippen LogP) is 4.15. The van der Waals surface area contributed by atoms with Crippen molar-refractivity contribution in [2.75, 3.05) is 6.54 Å². The van der Waals surface area contributed by atoms with Crippen molar-refractivity contribution in [1.29, 1.82) is 0 Å². The first-order valence-corrected chi connectivity index (χ1v) is 8.99. The molecule has 1 N–H and O–H groups in total. The lowest BCUT2D eigenvalue weighted by Crippen LogP contribution is -2.29. The molecule has 0 unspecified atom stereocenters. The fourth-order valence-corrected chi connectivity index (χ4v) is 3.70. The van der Waals surface area contributed by atoms with Crippen LogP contribution < -0.4 is 0 Å². The van der Waals surface area contributed by atoms with Crippen LogP contribution in [0.2, 0.25) is 0 Å². The largest absolute Gasteiger partial charge is 0.481 e. The van der Waals surface area contributed by atoms with Crippen molar-refractivity contribution in [1.82, 2.24) is 4.90 Å². The second-order valence-electron chi connectivity index (χ2n) is 5.54. The fraction of sp³-hybridized carbons (Fsp3) is 0.167. The van der Waals surface area contributed by atoms with Crippen LogP contribution in [0.4, 0.5) is 4.39 Å². The Hall–Kier alpha value is -2.45. The van der Waals surface area contributed by atoms with Crippen LogP contribution in [0, 0.1) is 5.82 Å². The Morgan fingerprint density at radius 2 is 2.00 bits per heavy atom. The molecular formula is C18H14FNO4S2. The molecule has 1 aromatic heterocycles. The highest BCUT2D eigenvalue weighted by Crippen LogP contribution is 2.33. The van der Waals surface area contributed by atoms with Gasteiger partial charge in [0.05, 0.1) is 4.91 Å². The molecule has 5 nitrogen and oxygen atoms in total. The number of thioether (sulfide) groups is 1. The minimum absolute atomic E-state index is 0.0185. The van der Waals surface area contributed by atoms with E-state index in [1.54, 1.807) is 30.3 Å². The van der Waals surface area contributed by atoms with Gasteiger partial charge in [0.25, 0.3) is 5.91 Å². The number of rotatable bonds is 6. The summed E-state index contributed by atoms with van der Waals surface area (Å²) in [5, 5.41) is 8.69. The van der Waals surface area contributed by atoms with E-state index in [1.165, 1.54) is 17.0 Å². The number of furan rings is 1. The van der Waals surface area contributed by atoms with Gasteiger partial charge in [-0.05, 0) is 42.8 Å². The molecule has 3 rings (SSSR count). The minimum atomic E-state index is -0.908. The fourth-order valence-electron chi connectivity index (χ4n) is 2.41. The lowest BCUT2D eigenvalue weighted by molar-refractivity contribution is -0.137. The van der Waals surface area contributed by atoms with Gasteiger partial charge in [-0.3, -0.25) is 14.5 Å². The Balaban J connectivity index is 1.72. The summed E-state index contributed by atoms with van der Waals surface area (Å²) in [4.78, 5) is 24.8. The molecule has 0 spiro atoms. The van der Waals surface area contributed by atoms with E-state index in [4.69, 9.17) is 21.7 Å². The van der Waals surface area contributed by atoms with Gasteiger partial charge in [-0.25, -0.2) is 4.39 Å². The van der Waals surface area contributed by atoms with Crippen LogP contribution in [0.25, 0.3) is 17.4 Å². The van der Waals surface area contributed by atoms with Crippen LogP contribution in [0.15, 0.2) is 45.7 Å². The Morgan fingerprint density at radius 1 is 1.27 bits per heavy atom. The lowest BCUT2D eigenvalue weighted by atomic mass is 10.2. The molecular weight excluding hydrogens is 377 g/mol. The first kappa shape index (κ1) is 18.3. The minimum Gasteiger partial charge on any atom is -0.481 e.